The van der Waals surface area contributed by atoms with Crippen molar-refractivity contribution in [3.63, 3.8) is 0 Å². The normalized spacial score (nSPS) is 18.7. The summed E-state index contributed by atoms with van der Waals surface area (Å²) in [6, 6.07) is 18.3. The van der Waals surface area contributed by atoms with E-state index in [1.54, 1.807) is 31.2 Å². The number of rotatable bonds is 10. The van der Waals surface area contributed by atoms with Crippen LogP contribution in [0.3, 0.4) is 0 Å². The third kappa shape index (κ3) is 6.34. The molecular weight excluding hydrogens is 546 g/mol. The Kier molecular flexibility index (Phi) is 8.56. The third-order valence-corrected chi connectivity index (χ3v) is 6.68. The summed E-state index contributed by atoms with van der Waals surface area (Å²) in [5.74, 6) is -1.33. The van der Waals surface area contributed by atoms with Crippen LogP contribution in [0.2, 0.25) is 0 Å². The van der Waals surface area contributed by atoms with Gasteiger partial charge in [0.05, 0.1) is 6.61 Å². The molecule has 3 aromatic carbocycles. The maximum atomic E-state index is 13.7. The van der Waals surface area contributed by atoms with Crippen molar-refractivity contribution in [1.29, 1.82) is 0 Å². The first kappa shape index (κ1) is 26.8. The maximum absolute atomic E-state index is 13.7. The number of nitrogens with zero attached hydrogens (tertiary/aromatic N) is 1. The molecule has 2 atom stereocenters. The molecule has 0 radical (unpaired) electrons. The molecule has 0 saturated carbocycles. The number of benzene rings is 3. The molecule has 194 valence electrons. The van der Waals surface area contributed by atoms with E-state index in [0.29, 0.717) is 35.8 Å². The first-order chi connectivity index (χ1) is 17.8. The molecule has 1 heterocycles. The Bertz CT molecular complexity index is 1270. The standard InChI is InChI=1S/C28H27BrF2N2O4/c1-18-28(16-19-3-8-22(29)9-4-19,27(35)32-17-20-5-12-24(30)25(31)15-20)33-26(37-18)21-6-10-23(11-7-21)36-14-2-13-34/h3-12,15,18,34H,2,13-14,16-17H2,1H3,(H,32,35)/t18-,28-/m1/s1. The molecular formula is C28H27BrF2N2O4. The quantitative estimate of drug-likeness (QED) is 0.337. The first-order valence-corrected chi connectivity index (χ1v) is 12.7. The minimum Gasteiger partial charge on any atom is -0.494 e. The molecule has 0 unspecified atom stereocenters. The largest absolute Gasteiger partial charge is 0.494 e. The van der Waals surface area contributed by atoms with Crippen molar-refractivity contribution in [3.05, 3.63) is 99.5 Å². The molecule has 0 aromatic heterocycles. The van der Waals surface area contributed by atoms with E-state index >= 15 is 0 Å². The summed E-state index contributed by atoms with van der Waals surface area (Å²) in [5.41, 5.74) is 0.725. The highest BCUT2D eigenvalue weighted by atomic mass is 79.9. The molecule has 1 aliphatic heterocycles. The van der Waals surface area contributed by atoms with E-state index < -0.39 is 23.3 Å². The van der Waals surface area contributed by atoms with Crippen LogP contribution in [0.4, 0.5) is 8.78 Å². The van der Waals surface area contributed by atoms with Gasteiger partial charge in [-0.05, 0) is 66.6 Å². The van der Waals surface area contributed by atoms with Crippen LogP contribution in [0.5, 0.6) is 5.75 Å². The summed E-state index contributed by atoms with van der Waals surface area (Å²) < 4.78 is 39.6. The van der Waals surface area contributed by atoms with Gasteiger partial charge in [-0.2, -0.15) is 0 Å². The van der Waals surface area contributed by atoms with Crippen molar-refractivity contribution in [2.24, 2.45) is 4.99 Å². The van der Waals surface area contributed by atoms with Crippen molar-refractivity contribution in [2.45, 2.75) is 38.0 Å². The van der Waals surface area contributed by atoms with Crippen LogP contribution in [-0.2, 0) is 22.5 Å². The maximum Gasteiger partial charge on any atom is 0.252 e. The van der Waals surface area contributed by atoms with Gasteiger partial charge in [0.2, 0.25) is 5.90 Å². The molecule has 6 nitrogen and oxygen atoms in total. The minimum atomic E-state index is -1.28. The smallest absolute Gasteiger partial charge is 0.252 e. The number of ether oxygens (including phenoxy) is 2. The zero-order chi connectivity index (χ0) is 26.4. The molecule has 1 amide bonds. The van der Waals surface area contributed by atoms with E-state index in [4.69, 9.17) is 19.6 Å². The highest BCUT2D eigenvalue weighted by Crippen LogP contribution is 2.33. The van der Waals surface area contributed by atoms with Gasteiger partial charge in [0.15, 0.2) is 17.2 Å². The number of amides is 1. The van der Waals surface area contributed by atoms with E-state index in [1.807, 2.05) is 24.3 Å². The molecule has 0 bridgehead atoms. The topological polar surface area (TPSA) is 80.2 Å². The molecule has 37 heavy (non-hydrogen) atoms. The van der Waals surface area contributed by atoms with Crippen LogP contribution in [0.15, 0.2) is 76.2 Å². The Morgan fingerprint density at radius 1 is 1.08 bits per heavy atom. The van der Waals surface area contributed by atoms with Crippen molar-refractivity contribution in [2.75, 3.05) is 13.2 Å². The van der Waals surface area contributed by atoms with Gasteiger partial charge in [0.1, 0.15) is 11.9 Å². The predicted octanol–water partition coefficient (Wildman–Crippen LogP) is 4.95. The number of carbonyl (C=O) groups is 1. The number of hydrogen-bond donors (Lipinski definition) is 2. The highest BCUT2D eigenvalue weighted by Gasteiger charge is 2.50. The summed E-state index contributed by atoms with van der Waals surface area (Å²) in [6.07, 6.45) is 0.209. The van der Waals surface area contributed by atoms with E-state index in [2.05, 4.69) is 21.2 Å². The number of carbonyl (C=O) groups excluding carboxylic acids is 1. The van der Waals surface area contributed by atoms with Crippen molar-refractivity contribution >= 4 is 27.7 Å². The molecule has 2 N–H and O–H groups in total. The lowest BCUT2D eigenvalue weighted by Crippen LogP contribution is -2.52. The van der Waals surface area contributed by atoms with Gasteiger partial charge in [0.25, 0.3) is 5.91 Å². The molecule has 3 aromatic rings. The summed E-state index contributed by atoms with van der Waals surface area (Å²) in [7, 11) is 0. The molecule has 0 fully saturated rings. The fourth-order valence-corrected chi connectivity index (χ4v) is 4.31. The molecule has 9 heteroatoms. The second-order valence-corrected chi connectivity index (χ2v) is 9.70. The first-order valence-electron chi connectivity index (χ1n) is 11.9. The van der Waals surface area contributed by atoms with Gasteiger partial charge in [-0.25, -0.2) is 13.8 Å². The average molecular weight is 573 g/mol. The van der Waals surface area contributed by atoms with Crippen LogP contribution in [0.1, 0.15) is 30.0 Å². The summed E-state index contributed by atoms with van der Waals surface area (Å²) in [5, 5.41) is 11.8. The zero-order valence-electron chi connectivity index (χ0n) is 20.2. The zero-order valence-corrected chi connectivity index (χ0v) is 21.8. The van der Waals surface area contributed by atoms with E-state index in [1.165, 1.54) is 6.07 Å². The highest BCUT2D eigenvalue weighted by molar-refractivity contribution is 9.10. The fourth-order valence-electron chi connectivity index (χ4n) is 4.04. The van der Waals surface area contributed by atoms with E-state index in [-0.39, 0.29) is 25.5 Å². The molecule has 0 spiro atoms. The van der Waals surface area contributed by atoms with Crippen LogP contribution in [0, 0.1) is 11.6 Å². The monoisotopic (exact) mass is 572 g/mol. The fraction of sp³-hybridized carbons (Fsp3) is 0.286. The lowest BCUT2D eigenvalue weighted by Gasteiger charge is -2.28. The Morgan fingerprint density at radius 2 is 1.78 bits per heavy atom. The number of aliphatic imine (C=N–C) groups is 1. The molecule has 0 aliphatic carbocycles. The summed E-state index contributed by atoms with van der Waals surface area (Å²) >= 11 is 3.43. The van der Waals surface area contributed by atoms with Crippen LogP contribution in [-0.4, -0.2) is 41.8 Å². The SMILES string of the molecule is C[C@H]1OC(c2ccc(OCCCO)cc2)=N[C@@]1(Cc1ccc(Br)cc1)C(=O)NCc1ccc(F)c(F)c1. The molecule has 1 aliphatic rings. The van der Waals surface area contributed by atoms with Crippen molar-refractivity contribution < 1.29 is 28.2 Å². The number of aliphatic hydroxyl groups excluding tert-OH is 1. The Morgan fingerprint density at radius 3 is 2.46 bits per heavy atom. The van der Waals surface area contributed by atoms with Gasteiger partial charge in [-0.3, -0.25) is 4.79 Å². The van der Waals surface area contributed by atoms with Gasteiger partial charge < -0.3 is 19.9 Å². The van der Waals surface area contributed by atoms with Crippen LogP contribution in [0.25, 0.3) is 0 Å². The van der Waals surface area contributed by atoms with Crippen molar-refractivity contribution in [3.8, 4) is 5.75 Å². The second kappa shape index (κ2) is 11.8. The summed E-state index contributed by atoms with van der Waals surface area (Å²) in [4.78, 5) is 18.4. The Hall–Kier alpha value is -3.30. The van der Waals surface area contributed by atoms with Gasteiger partial charge in [0, 0.05) is 36.0 Å². The lowest BCUT2D eigenvalue weighted by atomic mass is 9.86. The Balaban J connectivity index is 1.60. The van der Waals surface area contributed by atoms with Gasteiger partial charge in [-0.15, -0.1) is 0 Å². The third-order valence-electron chi connectivity index (χ3n) is 6.15. The predicted molar refractivity (Wildman–Crippen MR) is 140 cm³/mol. The minimum absolute atomic E-state index is 0.00949. The second-order valence-electron chi connectivity index (χ2n) is 8.79. The molecule has 4 rings (SSSR count). The lowest BCUT2D eigenvalue weighted by molar-refractivity contribution is -0.128. The van der Waals surface area contributed by atoms with Gasteiger partial charge in [-0.1, -0.05) is 34.1 Å². The number of halogens is 3. The number of nitrogens with one attached hydrogen (secondary N) is 1. The average Bonchev–Trinajstić information content (AvgIpc) is 3.23. The van der Waals surface area contributed by atoms with Gasteiger partial charge >= 0.3 is 0 Å². The number of aliphatic hydroxyl groups is 1. The molecule has 0 saturated heterocycles. The van der Waals surface area contributed by atoms with Crippen molar-refractivity contribution in [1.82, 2.24) is 5.32 Å². The van der Waals surface area contributed by atoms with E-state index in [9.17, 15) is 13.6 Å². The van der Waals surface area contributed by atoms with Crippen LogP contribution < -0.4 is 10.1 Å². The number of hydrogen-bond acceptors (Lipinski definition) is 5. The summed E-state index contributed by atoms with van der Waals surface area (Å²) in [6.45, 7) is 2.26. The Labute approximate surface area is 222 Å². The van der Waals surface area contributed by atoms with E-state index in [0.717, 1.165) is 22.2 Å². The van der Waals surface area contributed by atoms with Crippen LogP contribution >= 0.6 is 15.9 Å².